The van der Waals surface area contributed by atoms with Crippen molar-refractivity contribution in [3.8, 4) is 6.07 Å². The van der Waals surface area contributed by atoms with Crippen molar-refractivity contribution in [2.24, 2.45) is 5.92 Å². The van der Waals surface area contributed by atoms with Crippen LogP contribution in [0, 0.1) is 17.2 Å². The number of ether oxygens (including phenoxy) is 2. The van der Waals surface area contributed by atoms with Crippen molar-refractivity contribution in [2.75, 3.05) is 32.9 Å². The number of amides is 3. The monoisotopic (exact) mass is 608 g/mol. The number of carbonyl (C=O) groups excluding carboxylic acids is 4. The number of ketones is 1. The lowest BCUT2D eigenvalue weighted by molar-refractivity contribution is -0.133. The van der Waals surface area contributed by atoms with Gasteiger partial charge in [-0.05, 0) is 24.8 Å². The summed E-state index contributed by atoms with van der Waals surface area (Å²) < 4.78 is 16.0. The van der Waals surface area contributed by atoms with E-state index in [9.17, 15) is 24.4 Å². The van der Waals surface area contributed by atoms with Crippen molar-refractivity contribution in [1.29, 1.82) is 5.26 Å². The third kappa shape index (κ3) is 9.19. The zero-order valence-electron chi connectivity index (χ0n) is 25.3. The molecule has 0 radical (unpaired) electrons. The lowest BCUT2D eigenvalue weighted by atomic mass is 9.93. The molecule has 4 rings (SSSR count). The van der Waals surface area contributed by atoms with Crippen LogP contribution in [0.25, 0.3) is 0 Å². The zero-order chi connectivity index (χ0) is 31.7. The molecule has 13 nitrogen and oxygen atoms in total. The fourth-order valence-electron chi connectivity index (χ4n) is 4.93. The lowest BCUT2D eigenvalue weighted by Gasteiger charge is -2.26. The SMILES string of the molecule is CC(C)CC(NC(=O)C(Cc1ccccc1)NC(=O)C(CC#N)NC(=O)c1cc(CN2CCOCC2)on1)C(=O)[C@@]1(C)CO1. The molecular weight excluding hydrogens is 568 g/mol. The van der Waals surface area contributed by atoms with E-state index >= 15 is 0 Å². The van der Waals surface area contributed by atoms with E-state index in [1.807, 2.05) is 50.2 Å². The van der Waals surface area contributed by atoms with Crippen LogP contribution >= 0.6 is 0 Å². The van der Waals surface area contributed by atoms with Crippen LogP contribution in [-0.2, 0) is 36.8 Å². The number of aromatic nitrogens is 1. The maximum atomic E-state index is 13.6. The van der Waals surface area contributed by atoms with E-state index < -0.39 is 41.4 Å². The summed E-state index contributed by atoms with van der Waals surface area (Å²) in [6, 6.07) is 9.32. The minimum Gasteiger partial charge on any atom is -0.379 e. The number of benzene rings is 1. The first kappa shape index (κ1) is 32.8. The van der Waals surface area contributed by atoms with Gasteiger partial charge in [-0.15, -0.1) is 0 Å². The largest absolute Gasteiger partial charge is 0.379 e. The van der Waals surface area contributed by atoms with Crippen molar-refractivity contribution in [1.82, 2.24) is 26.0 Å². The number of epoxide rings is 1. The lowest BCUT2D eigenvalue weighted by Crippen LogP contribution is -2.57. The zero-order valence-corrected chi connectivity index (χ0v) is 25.3. The Morgan fingerprint density at radius 2 is 1.68 bits per heavy atom. The van der Waals surface area contributed by atoms with Crippen LogP contribution in [0.1, 0.15) is 55.4 Å². The molecule has 0 bridgehead atoms. The summed E-state index contributed by atoms with van der Waals surface area (Å²) in [5, 5.41) is 21.3. The molecule has 3 N–H and O–H groups in total. The van der Waals surface area contributed by atoms with Crippen molar-refractivity contribution in [3.63, 3.8) is 0 Å². The highest BCUT2D eigenvalue weighted by atomic mass is 16.6. The molecule has 0 saturated carbocycles. The second-order valence-electron chi connectivity index (χ2n) is 11.8. The molecule has 2 aliphatic heterocycles. The van der Waals surface area contributed by atoms with Gasteiger partial charge in [-0.25, -0.2) is 0 Å². The van der Waals surface area contributed by atoms with Gasteiger partial charge >= 0.3 is 0 Å². The number of hydrogen-bond acceptors (Lipinski definition) is 10. The minimum absolute atomic E-state index is 0.0339. The number of nitriles is 1. The van der Waals surface area contributed by atoms with Gasteiger partial charge in [0, 0.05) is 25.6 Å². The molecule has 1 aromatic heterocycles. The molecule has 3 heterocycles. The van der Waals surface area contributed by atoms with E-state index in [-0.39, 0.29) is 36.8 Å². The molecule has 2 aliphatic rings. The molecule has 3 unspecified atom stereocenters. The van der Waals surface area contributed by atoms with Crippen LogP contribution in [0.3, 0.4) is 0 Å². The number of hydrogen-bond donors (Lipinski definition) is 3. The van der Waals surface area contributed by atoms with E-state index in [0.29, 0.717) is 31.9 Å². The maximum absolute atomic E-state index is 13.6. The number of nitrogens with zero attached hydrogens (tertiary/aromatic N) is 3. The van der Waals surface area contributed by atoms with Gasteiger partial charge in [-0.3, -0.25) is 24.1 Å². The first-order chi connectivity index (χ1) is 21.1. The molecule has 2 aromatic rings. The summed E-state index contributed by atoms with van der Waals surface area (Å²) in [5.41, 5.74) is -0.196. The topological polar surface area (TPSA) is 179 Å². The predicted molar refractivity (Wildman–Crippen MR) is 157 cm³/mol. The third-order valence-corrected chi connectivity index (χ3v) is 7.55. The smallest absolute Gasteiger partial charge is 0.274 e. The Hall–Kier alpha value is -4.12. The minimum atomic E-state index is -1.27. The van der Waals surface area contributed by atoms with Gasteiger partial charge < -0.3 is 29.9 Å². The van der Waals surface area contributed by atoms with Gasteiger partial charge in [0.2, 0.25) is 11.8 Å². The average Bonchev–Trinajstić information content (AvgIpc) is 3.59. The van der Waals surface area contributed by atoms with Crippen molar-refractivity contribution in [3.05, 3.63) is 53.4 Å². The molecular formula is C31H40N6O7. The molecule has 3 amide bonds. The molecule has 1 aromatic carbocycles. The van der Waals surface area contributed by atoms with Gasteiger partial charge in [-0.2, -0.15) is 5.26 Å². The first-order valence-electron chi connectivity index (χ1n) is 14.8. The van der Waals surface area contributed by atoms with Crippen LogP contribution in [-0.4, -0.2) is 90.2 Å². The maximum Gasteiger partial charge on any atom is 0.274 e. The molecule has 236 valence electrons. The van der Waals surface area contributed by atoms with E-state index in [2.05, 4.69) is 26.0 Å². The summed E-state index contributed by atoms with van der Waals surface area (Å²) in [7, 11) is 0. The van der Waals surface area contributed by atoms with Crippen molar-refractivity contribution >= 4 is 23.5 Å². The average molecular weight is 609 g/mol. The fraction of sp³-hybridized carbons (Fsp3) is 0.548. The summed E-state index contributed by atoms with van der Waals surface area (Å²) >= 11 is 0. The molecule has 0 aliphatic carbocycles. The normalized spacial score (nSPS) is 20.2. The Balaban J connectivity index is 1.45. The van der Waals surface area contributed by atoms with Crippen LogP contribution in [0.15, 0.2) is 40.9 Å². The summed E-state index contributed by atoms with van der Waals surface area (Å²) in [4.78, 5) is 55.3. The van der Waals surface area contributed by atoms with Crippen molar-refractivity contribution in [2.45, 2.75) is 70.3 Å². The van der Waals surface area contributed by atoms with Crippen molar-refractivity contribution < 1.29 is 33.2 Å². The molecule has 13 heteroatoms. The van der Waals surface area contributed by atoms with Gasteiger partial charge in [0.1, 0.15) is 17.7 Å². The van der Waals surface area contributed by atoms with Crippen LogP contribution in [0.5, 0.6) is 0 Å². The standard InChI is InChI=1S/C31H40N6O7/c1-20(2)15-24(27(38)31(3)19-43-31)34-29(40)25(16-21-7-5-4-6-8-21)35-28(39)23(9-10-32)33-30(41)26-17-22(44-36-26)18-37-11-13-42-14-12-37/h4-8,17,20,23-25H,9,11-16,18-19H2,1-3H3,(H,33,41)(H,34,40)(H,35,39)/t23?,24?,25?,31-/m1/s1. The van der Waals surface area contributed by atoms with E-state index in [1.54, 1.807) is 6.92 Å². The Morgan fingerprint density at radius 1 is 1.02 bits per heavy atom. The molecule has 2 saturated heterocycles. The van der Waals surface area contributed by atoms with E-state index in [0.717, 1.165) is 18.7 Å². The number of rotatable bonds is 15. The summed E-state index contributed by atoms with van der Waals surface area (Å²) in [5.74, 6) is -1.61. The molecule has 4 atom stereocenters. The van der Waals surface area contributed by atoms with Crippen LogP contribution in [0.2, 0.25) is 0 Å². The number of morpholine rings is 1. The molecule has 2 fully saturated rings. The van der Waals surface area contributed by atoms with Gasteiger partial charge in [0.25, 0.3) is 5.91 Å². The predicted octanol–water partition coefficient (Wildman–Crippen LogP) is 1.14. The third-order valence-electron chi connectivity index (χ3n) is 7.55. The van der Waals surface area contributed by atoms with E-state index in [1.165, 1.54) is 6.07 Å². The van der Waals surface area contributed by atoms with E-state index in [4.69, 9.17) is 14.0 Å². The highest BCUT2D eigenvalue weighted by Gasteiger charge is 2.50. The Labute approximate surface area is 256 Å². The number of Topliss-reactive ketones (excluding diaryl/α,β-unsaturated/α-hetero) is 1. The second-order valence-corrected chi connectivity index (χ2v) is 11.8. The Kier molecular flexibility index (Phi) is 11.2. The Bertz CT molecular complexity index is 1340. The summed E-state index contributed by atoms with van der Waals surface area (Å²) in [6.07, 6.45) is 0.171. The first-order valence-corrected chi connectivity index (χ1v) is 14.8. The fourth-order valence-corrected chi connectivity index (χ4v) is 4.93. The van der Waals surface area contributed by atoms with Gasteiger partial charge in [-0.1, -0.05) is 49.3 Å². The second kappa shape index (κ2) is 15.1. The number of nitrogens with one attached hydrogen (secondary N) is 3. The van der Waals surface area contributed by atoms with Gasteiger partial charge in [0.15, 0.2) is 17.2 Å². The summed E-state index contributed by atoms with van der Waals surface area (Å²) in [6.45, 7) is 8.99. The van der Waals surface area contributed by atoms with Gasteiger partial charge in [0.05, 0.1) is 44.9 Å². The van der Waals surface area contributed by atoms with Crippen LogP contribution < -0.4 is 16.0 Å². The Morgan fingerprint density at radius 3 is 2.32 bits per heavy atom. The molecule has 44 heavy (non-hydrogen) atoms. The highest BCUT2D eigenvalue weighted by Crippen LogP contribution is 2.29. The van der Waals surface area contributed by atoms with Crippen LogP contribution in [0.4, 0.5) is 0 Å². The quantitative estimate of drug-likeness (QED) is 0.248. The molecule has 0 spiro atoms. The highest BCUT2D eigenvalue weighted by molar-refractivity contribution is 5.99. The number of carbonyl (C=O) groups is 4.